The van der Waals surface area contributed by atoms with Crippen LogP contribution >= 0.6 is 24.0 Å². The highest BCUT2D eigenvalue weighted by Crippen LogP contribution is 2.74. The van der Waals surface area contributed by atoms with Gasteiger partial charge in [0.2, 0.25) is 0 Å². The van der Waals surface area contributed by atoms with E-state index >= 15 is 0 Å². The molecule has 1 nitrogen and oxygen atoms in total. The highest BCUT2D eigenvalue weighted by Gasteiger charge is 2.62. The lowest BCUT2D eigenvalue weighted by atomic mass is 9.82. The Balaban J connectivity index is 1.82. The number of hydrogen-bond acceptors (Lipinski definition) is 2. The first-order valence-corrected chi connectivity index (χ1v) is 8.05. The van der Waals surface area contributed by atoms with Crippen molar-refractivity contribution in [2.75, 3.05) is 7.05 Å². The van der Waals surface area contributed by atoms with E-state index in [0.29, 0.717) is 16.7 Å². The monoisotopic (exact) mass is 266 g/mol. The molecule has 3 rings (SSSR count). The van der Waals surface area contributed by atoms with Crippen LogP contribution in [0.15, 0.2) is 0 Å². The minimum Gasteiger partial charge on any atom is -0.356 e. The molecule has 2 heterocycles. The summed E-state index contributed by atoms with van der Waals surface area (Å²) in [5.74, 6) is 0. The molecule has 0 aromatic rings. The van der Waals surface area contributed by atoms with Gasteiger partial charge in [-0.25, -0.2) is 0 Å². The lowest BCUT2D eigenvalue weighted by molar-refractivity contribution is 0.338. The Morgan fingerprint density at radius 2 is 2.12 bits per heavy atom. The molecule has 3 aliphatic rings. The summed E-state index contributed by atoms with van der Waals surface area (Å²) in [4.78, 5) is 2.36. The largest absolute Gasteiger partial charge is 0.356 e. The van der Waals surface area contributed by atoms with Gasteiger partial charge in [-0.3, -0.25) is 0 Å². The zero-order valence-corrected chi connectivity index (χ0v) is 12.7. The summed E-state index contributed by atoms with van der Waals surface area (Å²) in [6.45, 7) is 4.91. The fourth-order valence-corrected chi connectivity index (χ4v) is 5.79. The fraction of sp³-hybridized carbons (Fsp3) is 0.923. The van der Waals surface area contributed by atoms with Crippen molar-refractivity contribution in [2.24, 2.45) is 0 Å². The van der Waals surface area contributed by atoms with Crippen LogP contribution in [0, 0.1) is 0 Å². The molecule has 1 radical (unpaired) electrons. The molecular formula is C13H21BNS2. The number of rotatable bonds is 0. The number of fused-ring (bicyclic) bond motifs is 2. The van der Waals surface area contributed by atoms with Gasteiger partial charge < -0.3 is 4.90 Å². The maximum atomic E-state index is 5.47. The third-order valence-corrected chi connectivity index (χ3v) is 7.25. The lowest BCUT2D eigenvalue weighted by Gasteiger charge is -2.27. The minimum absolute atomic E-state index is 0.480. The molecule has 0 bridgehead atoms. The van der Waals surface area contributed by atoms with Crippen LogP contribution in [-0.4, -0.2) is 34.8 Å². The van der Waals surface area contributed by atoms with Crippen molar-refractivity contribution >= 4 is 35.6 Å². The second kappa shape index (κ2) is 3.90. The molecule has 1 saturated carbocycles. The third kappa shape index (κ3) is 1.86. The predicted molar refractivity (Wildman–Crippen MR) is 81.1 cm³/mol. The van der Waals surface area contributed by atoms with Crippen LogP contribution in [0.25, 0.3) is 0 Å². The SMILES string of the molecule is CN1C(=S)SC2CC3(C)[B]C3(C)CCCCC21. The summed E-state index contributed by atoms with van der Waals surface area (Å²) in [6, 6.07) is 0.695. The smallest absolute Gasteiger partial charge is 0.136 e. The molecule has 4 heteroatoms. The van der Waals surface area contributed by atoms with Crippen LogP contribution < -0.4 is 0 Å². The molecule has 1 aliphatic carbocycles. The molecule has 0 N–H and O–H groups in total. The van der Waals surface area contributed by atoms with Gasteiger partial charge in [-0.15, -0.1) is 0 Å². The van der Waals surface area contributed by atoms with Crippen LogP contribution in [0.5, 0.6) is 0 Å². The standard InChI is InChI=1S/C13H21BNS2/c1-12-7-5-4-6-9-10(8-13(12,2)14-12)17-11(16)15(9)3/h9-10H,4-8H2,1-3H3. The molecule has 3 fully saturated rings. The molecule has 0 aromatic carbocycles. The third-order valence-electron chi connectivity index (χ3n) is 5.40. The normalized spacial score (nSPS) is 49.6. The summed E-state index contributed by atoms with van der Waals surface area (Å²) >= 11 is 7.43. The van der Waals surface area contributed by atoms with E-state index in [1.165, 1.54) is 32.1 Å². The molecule has 0 aromatic heterocycles. The molecule has 0 amide bonds. The van der Waals surface area contributed by atoms with Gasteiger partial charge in [0, 0.05) is 18.3 Å². The highest BCUT2D eigenvalue weighted by atomic mass is 32.2. The first-order chi connectivity index (χ1) is 7.95. The first kappa shape index (κ1) is 12.3. The van der Waals surface area contributed by atoms with Crippen LogP contribution in [0.4, 0.5) is 0 Å². The average molecular weight is 266 g/mol. The lowest BCUT2D eigenvalue weighted by Crippen LogP contribution is -2.33. The van der Waals surface area contributed by atoms with Crippen molar-refractivity contribution in [3.8, 4) is 0 Å². The summed E-state index contributed by atoms with van der Waals surface area (Å²) in [5, 5.41) is 1.73. The van der Waals surface area contributed by atoms with E-state index in [9.17, 15) is 0 Å². The summed E-state index contributed by atoms with van der Waals surface area (Å²) < 4.78 is 1.12. The Morgan fingerprint density at radius 1 is 1.35 bits per heavy atom. The predicted octanol–water partition coefficient (Wildman–Crippen LogP) is 3.73. The van der Waals surface area contributed by atoms with Crippen molar-refractivity contribution in [2.45, 2.75) is 67.9 Å². The van der Waals surface area contributed by atoms with E-state index in [1.807, 2.05) is 11.8 Å². The molecule has 2 aliphatic heterocycles. The van der Waals surface area contributed by atoms with Crippen molar-refractivity contribution in [3.05, 3.63) is 0 Å². The minimum atomic E-state index is 0.480. The van der Waals surface area contributed by atoms with E-state index in [2.05, 4.69) is 33.1 Å². The molecule has 0 spiro atoms. The maximum absolute atomic E-state index is 5.47. The van der Waals surface area contributed by atoms with Gasteiger partial charge in [0.15, 0.2) is 0 Å². The number of thioether (sulfide) groups is 1. The van der Waals surface area contributed by atoms with Crippen molar-refractivity contribution in [3.63, 3.8) is 0 Å². The first-order valence-electron chi connectivity index (χ1n) is 6.76. The zero-order chi connectivity index (χ0) is 12.3. The van der Waals surface area contributed by atoms with Crippen LogP contribution in [-0.2, 0) is 0 Å². The van der Waals surface area contributed by atoms with Gasteiger partial charge in [-0.2, -0.15) is 0 Å². The Morgan fingerprint density at radius 3 is 2.88 bits per heavy atom. The van der Waals surface area contributed by atoms with E-state index < -0.39 is 0 Å². The number of hydrogen-bond donors (Lipinski definition) is 0. The molecule has 17 heavy (non-hydrogen) atoms. The van der Waals surface area contributed by atoms with E-state index in [4.69, 9.17) is 12.2 Å². The Kier molecular flexibility index (Phi) is 2.83. The van der Waals surface area contributed by atoms with Gasteiger partial charge >= 0.3 is 0 Å². The van der Waals surface area contributed by atoms with Gasteiger partial charge in [0.25, 0.3) is 0 Å². The second-order valence-corrected chi connectivity index (χ2v) is 8.40. The van der Waals surface area contributed by atoms with Crippen LogP contribution in [0.2, 0.25) is 10.6 Å². The molecule has 4 unspecified atom stereocenters. The number of nitrogens with zero attached hydrogens (tertiary/aromatic N) is 1. The summed E-state index contributed by atoms with van der Waals surface area (Å²) in [6.07, 6.45) is 6.80. The van der Waals surface area contributed by atoms with Crippen LogP contribution in [0.3, 0.4) is 0 Å². The van der Waals surface area contributed by atoms with Crippen molar-refractivity contribution in [1.29, 1.82) is 0 Å². The van der Waals surface area contributed by atoms with Crippen molar-refractivity contribution < 1.29 is 0 Å². The van der Waals surface area contributed by atoms with Crippen molar-refractivity contribution in [1.82, 2.24) is 4.90 Å². The second-order valence-electron chi connectivity index (χ2n) is 6.53. The van der Waals surface area contributed by atoms with E-state index in [-0.39, 0.29) is 0 Å². The summed E-state index contributed by atoms with van der Waals surface area (Å²) in [5.41, 5.74) is 0. The Labute approximate surface area is 115 Å². The highest BCUT2D eigenvalue weighted by molar-refractivity contribution is 8.23. The average Bonchev–Trinajstić information content (AvgIpc) is 2.65. The molecule has 2 saturated heterocycles. The summed E-state index contributed by atoms with van der Waals surface area (Å²) in [7, 11) is 4.79. The van der Waals surface area contributed by atoms with Gasteiger partial charge in [0.1, 0.15) is 11.6 Å². The van der Waals surface area contributed by atoms with Gasteiger partial charge in [-0.05, 0) is 12.8 Å². The van der Waals surface area contributed by atoms with E-state index in [1.54, 1.807) is 0 Å². The fourth-order valence-electron chi connectivity index (χ4n) is 3.81. The molecule has 93 valence electrons. The van der Waals surface area contributed by atoms with Crippen LogP contribution in [0.1, 0.15) is 46.0 Å². The van der Waals surface area contributed by atoms with Gasteiger partial charge in [-0.1, -0.05) is 67.7 Å². The Hall–Kier alpha value is 0.305. The Bertz CT molecular complexity index is 361. The quantitative estimate of drug-likeness (QED) is 0.486. The van der Waals surface area contributed by atoms with Gasteiger partial charge in [0.05, 0.1) is 0 Å². The van der Waals surface area contributed by atoms with E-state index in [0.717, 1.165) is 9.57 Å². The zero-order valence-electron chi connectivity index (χ0n) is 11.0. The molecule has 4 atom stereocenters. The topological polar surface area (TPSA) is 3.24 Å². The maximum Gasteiger partial charge on any atom is 0.136 e. The molecular weight excluding hydrogens is 245 g/mol. The number of thiocarbonyl (C=S) groups is 1.